The highest BCUT2D eigenvalue weighted by Gasteiger charge is 2.23. The number of fused-ring (bicyclic) bond motifs is 10. The Morgan fingerprint density at radius 1 is 0.422 bits per heavy atom. The predicted octanol–water partition coefficient (Wildman–Crippen LogP) is 10.2. The lowest BCUT2D eigenvalue weighted by molar-refractivity contribution is 0.651. The summed E-state index contributed by atoms with van der Waals surface area (Å²) in [6.07, 6.45) is 0. The van der Waals surface area contributed by atoms with Gasteiger partial charge in [0.25, 0.3) is 0 Å². The van der Waals surface area contributed by atoms with Gasteiger partial charge in [0, 0.05) is 38.2 Å². The lowest BCUT2D eigenvalue weighted by atomic mass is 10.1. The molecule has 10 rings (SSSR count). The molecule has 0 N–H and O–H groups in total. The Bertz CT molecular complexity index is 2750. The second-order valence-corrected chi connectivity index (χ2v) is 11.4. The minimum atomic E-state index is 0.577. The molecule has 0 aliphatic heterocycles. The molecule has 0 saturated heterocycles. The largest absolute Gasteiger partial charge is 0.437 e. The maximum Gasteiger partial charge on any atom is 0.238 e. The monoisotopic (exact) mass is 576 g/mol. The van der Waals surface area contributed by atoms with Crippen molar-refractivity contribution in [2.45, 2.75) is 0 Å². The Balaban J connectivity index is 1.36. The normalized spacial score (nSPS) is 12.0. The summed E-state index contributed by atoms with van der Waals surface area (Å²) in [4.78, 5) is 10.4. The maximum atomic E-state index is 6.39. The van der Waals surface area contributed by atoms with E-state index in [4.69, 9.17) is 14.4 Å². The zero-order chi connectivity index (χ0) is 29.5. The van der Waals surface area contributed by atoms with E-state index < -0.39 is 0 Å². The van der Waals surface area contributed by atoms with Crippen LogP contribution in [0.25, 0.3) is 88.6 Å². The zero-order valence-electron chi connectivity index (χ0n) is 24.1. The third-order valence-electron chi connectivity index (χ3n) is 8.96. The summed E-state index contributed by atoms with van der Waals surface area (Å²) in [6, 6.07) is 50.7. The van der Waals surface area contributed by atoms with Crippen molar-refractivity contribution in [1.29, 1.82) is 0 Å². The van der Waals surface area contributed by atoms with E-state index in [9.17, 15) is 0 Å². The molecule has 6 aromatic carbocycles. The van der Waals surface area contributed by atoms with Gasteiger partial charge in [0.15, 0.2) is 0 Å². The highest BCUT2D eigenvalue weighted by atomic mass is 16.3. The first-order valence-corrected chi connectivity index (χ1v) is 15.1. The van der Waals surface area contributed by atoms with E-state index in [0.29, 0.717) is 11.7 Å². The van der Waals surface area contributed by atoms with Crippen molar-refractivity contribution in [3.63, 3.8) is 0 Å². The van der Waals surface area contributed by atoms with E-state index in [2.05, 4.69) is 118 Å². The van der Waals surface area contributed by atoms with Crippen LogP contribution in [0, 0.1) is 0 Å². The first-order chi connectivity index (χ1) is 22.3. The topological polar surface area (TPSA) is 48.8 Å². The second-order valence-electron chi connectivity index (χ2n) is 11.4. The fraction of sp³-hybridized carbons (Fsp3) is 0. The van der Waals surface area contributed by atoms with Gasteiger partial charge in [-0.05, 0) is 42.5 Å². The molecular weight excluding hydrogens is 552 g/mol. The van der Waals surface area contributed by atoms with Gasteiger partial charge in [-0.2, -0.15) is 4.98 Å². The molecule has 10 aromatic rings. The fourth-order valence-corrected chi connectivity index (χ4v) is 7.11. The van der Waals surface area contributed by atoms with Gasteiger partial charge in [-0.1, -0.05) is 103 Å². The van der Waals surface area contributed by atoms with Gasteiger partial charge in [0.2, 0.25) is 11.7 Å². The van der Waals surface area contributed by atoms with Crippen LogP contribution in [0.3, 0.4) is 0 Å². The van der Waals surface area contributed by atoms with Crippen LogP contribution < -0.4 is 0 Å². The van der Waals surface area contributed by atoms with Crippen LogP contribution in [0.15, 0.2) is 150 Å². The van der Waals surface area contributed by atoms with Gasteiger partial charge < -0.3 is 8.98 Å². The van der Waals surface area contributed by atoms with Gasteiger partial charge in [-0.15, -0.1) is 0 Å². The Kier molecular flexibility index (Phi) is 4.93. The Hall–Kier alpha value is -6.20. The van der Waals surface area contributed by atoms with Crippen LogP contribution >= 0.6 is 0 Å². The summed E-state index contributed by atoms with van der Waals surface area (Å²) in [5.74, 6) is 0.581. The van der Waals surface area contributed by atoms with Crippen LogP contribution in [0.4, 0.5) is 0 Å². The lowest BCUT2D eigenvalue weighted by Gasteiger charge is -2.10. The van der Waals surface area contributed by atoms with Crippen LogP contribution in [0.5, 0.6) is 0 Å². The first-order valence-electron chi connectivity index (χ1n) is 15.1. The smallest absolute Gasteiger partial charge is 0.238 e. The molecule has 0 aliphatic carbocycles. The molecule has 210 valence electrons. The van der Waals surface area contributed by atoms with Crippen molar-refractivity contribution in [2.24, 2.45) is 0 Å². The number of para-hydroxylation sites is 4. The summed E-state index contributed by atoms with van der Waals surface area (Å²) >= 11 is 0. The quantitative estimate of drug-likeness (QED) is 0.210. The molecule has 4 heterocycles. The van der Waals surface area contributed by atoms with Crippen molar-refractivity contribution >= 4 is 65.7 Å². The van der Waals surface area contributed by atoms with Crippen LogP contribution in [-0.2, 0) is 0 Å². The van der Waals surface area contributed by atoms with Gasteiger partial charge in [-0.25, -0.2) is 4.98 Å². The highest BCUT2D eigenvalue weighted by Crippen LogP contribution is 2.43. The number of furan rings is 1. The van der Waals surface area contributed by atoms with Crippen molar-refractivity contribution in [3.05, 3.63) is 146 Å². The summed E-state index contributed by atoms with van der Waals surface area (Å²) in [7, 11) is 0. The van der Waals surface area contributed by atoms with Gasteiger partial charge in [0.05, 0.1) is 33.1 Å². The maximum absolute atomic E-state index is 6.39. The summed E-state index contributed by atoms with van der Waals surface area (Å²) in [5.41, 5.74) is 8.82. The molecule has 0 unspecified atom stereocenters. The molecule has 0 fully saturated rings. The second kappa shape index (κ2) is 9.15. The summed E-state index contributed by atoms with van der Waals surface area (Å²) in [5, 5.41) is 6.70. The number of hydrogen-bond donors (Lipinski definition) is 0. The number of benzene rings is 6. The zero-order valence-corrected chi connectivity index (χ0v) is 24.1. The van der Waals surface area contributed by atoms with E-state index in [0.717, 1.165) is 55.2 Å². The van der Waals surface area contributed by atoms with E-state index in [1.807, 2.05) is 36.4 Å². The minimum absolute atomic E-state index is 0.577. The predicted molar refractivity (Wildman–Crippen MR) is 183 cm³/mol. The van der Waals surface area contributed by atoms with E-state index in [1.54, 1.807) is 0 Å². The van der Waals surface area contributed by atoms with E-state index in [-0.39, 0.29) is 0 Å². The molecule has 0 saturated carbocycles. The van der Waals surface area contributed by atoms with Gasteiger partial charge in [-0.3, -0.25) is 4.57 Å². The molecule has 45 heavy (non-hydrogen) atoms. The lowest BCUT2D eigenvalue weighted by Crippen LogP contribution is -2.02. The summed E-state index contributed by atoms with van der Waals surface area (Å²) in [6.45, 7) is 0. The third-order valence-corrected chi connectivity index (χ3v) is 8.96. The van der Waals surface area contributed by atoms with E-state index in [1.165, 1.54) is 21.7 Å². The molecule has 0 atom stereocenters. The van der Waals surface area contributed by atoms with Crippen LogP contribution in [0.1, 0.15) is 0 Å². The molecular formula is C40H24N4O. The van der Waals surface area contributed by atoms with E-state index >= 15 is 0 Å². The van der Waals surface area contributed by atoms with Crippen molar-refractivity contribution in [3.8, 4) is 22.9 Å². The average Bonchev–Trinajstić information content (AvgIpc) is 3.76. The number of hydrogen-bond acceptors (Lipinski definition) is 3. The first kappa shape index (κ1) is 24.3. The molecule has 4 aromatic heterocycles. The van der Waals surface area contributed by atoms with Crippen LogP contribution in [-0.4, -0.2) is 19.1 Å². The summed E-state index contributed by atoms with van der Waals surface area (Å²) < 4.78 is 10.9. The number of nitrogens with zero attached hydrogens (tertiary/aromatic N) is 4. The van der Waals surface area contributed by atoms with Crippen LogP contribution in [0.2, 0.25) is 0 Å². The molecule has 5 nitrogen and oxygen atoms in total. The molecule has 0 aliphatic rings. The Morgan fingerprint density at radius 2 is 0.978 bits per heavy atom. The fourth-order valence-electron chi connectivity index (χ4n) is 7.11. The number of rotatable bonds is 3. The van der Waals surface area contributed by atoms with Gasteiger partial charge >= 0.3 is 0 Å². The standard InChI is InChI=1S/C40H24N4O/c1-3-13-25(14-4-1)38-37-29-19-9-12-22-34(29)45-39(37)42-40(41-38)44-31-21-11-8-18-28(31)36-33(44)24-23-32-35(36)27-17-7-10-20-30(27)43(32)26-15-5-2-6-16-26/h1-24H. The van der Waals surface area contributed by atoms with Crippen molar-refractivity contribution < 1.29 is 4.42 Å². The molecule has 0 amide bonds. The number of aromatic nitrogens is 4. The Labute approximate surface area is 257 Å². The van der Waals surface area contributed by atoms with Crippen molar-refractivity contribution in [2.75, 3.05) is 0 Å². The van der Waals surface area contributed by atoms with Crippen molar-refractivity contribution in [1.82, 2.24) is 19.1 Å². The molecule has 5 heteroatoms. The molecule has 0 bridgehead atoms. The highest BCUT2D eigenvalue weighted by molar-refractivity contribution is 6.28. The van der Waals surface area contributed by atoms with Gasteiger partial charge in [0.1, 0.15) is 5.58 Å². The minimum Gasteiger partial charge on any atom is -0.437 e. The Morgan fingerprint density at radius 3 is 1.69 bits per heavy atom. The third kappa shape index (κ3) is 3.38. The SMILES string of the molecule is c1ccc(-c2nc(-n3c4ccccc4c4c5c6ccccc6n(-c6ccccc6)c5ccc43)nc3oc4ccccc4c23)cc1. The molecule has 0 radical (unpaired) electrons. The average molecular weight is 577 g/mol. The molecule has 0 spiro atoms.